The van der Waals surface area contributed by atoms with E-state index in [1.54, 1.807) is 36.4 Å². The summed E-state index contributed by atoms with van der Waals surface area (Å²) in [4.78, 5) is 17.5. The Labute approximate surface area is 210 Å². The van der Waals surface area contributed by atoms with Gasteiger partial charge >= 0.3 is 0 Å². The van der Waals surface area contributed by atoms with E-state index >= 15 is 0 Å². The molecule has 1 aliphatic rings. The maximum absolute atomic E-state index is 14.0. The van der Waals surface area contributed by atoms with Crippen LogP contribution in [-0.4, -0.2) is 17.7 Å². The lowest BCUT2D eigenvalue weighted by molar-refractivity contribution is -0.115. The summed E-state index contributed by atoms with van der Waals surface area (Å²) in [5, 5.41) is 3.32. The first kappa shape index (κ1) is 24.0. The number of rotatable bonds is 7. The average Bonchev–Trinajstić information content (AvgIpc) is 3.16. The van der Waals surface area contributed by atoms with Gasteiger partial charge < -0.3 is 14.8 Å². The Morgan fingerprint density at radius 3 is 2.56 bits per heavy atom. The summed E-state index contributed by atoms with van der Waals surface area (Å²) in [6.45, 7) is 4.37. The second-order valence-corrected chi connectivity index (χ2v) is 9.34. The van der Waals surface area contributed by atoms with Crippen molar-refractivity contribution in [2.75, 3.05) is 6.61 Å². The lowest BCUT2D eigenvalue weighted by Gasteiger charge is -2.14. The van der Waals surface area contributed by atoms with E-state index < -0.39 is 0 Å². The standard InChI is InChI=1S/C26H22BrFN2O3S/c1-3-32-22-12-18(20(27)14-23(22)33-15-17-6-4-5-7-21(17)28)13-24-25(31)30-26(34-24)29-19-10-8-16(2)9-11-19/h4-14H,3,15H2,1-2H3,(H,29,30,31)/b24-13+. The molecule has 1 saturated heterocycles. The van der Waals surface area contributed by atoms with E-state index in [0.717, 1.165) is 16.8 Å². The molecule has 0 aromatic heterocycles. The van der Waals surface area contributed by atoms with Gasteiger partial charge in [-0.1, -0.05) is 51.8 Å². The third-order valence-electron chi connectivity index (χ3n) is 4.91. The smallest absolute Gasteiger partial charge is 0.264 e. The van der Waals surface area contributed by atoms with E-state index in [1.807, 2.05) is 38.1 Å². The highest BCUT2D eigenvalue weighted by Crippen LogP contribution is 2.37. The Bertz CT molecular complexity index is 1280. The third kappa shape index (κ3) is 5.87. The first-order valence-corrected chi connectivity index (χ1v) is 12.2. The van der Waals surface area contributed by atoms with Crippen LogP contribution >= 0.6 is 27.7 Å². The van der Waals surface area contributed by atoms with Gasteiger partial charge in [-0.05, 0) is 67.6 Å². The van der Waals surface area contributed by atoms with Crippen molar-refractivity contribution < 1.29 is 18.7 Å². The molecule has 5 nitrogen and oxygen atoms in total. The molecule has 0 spiro atoms. The molecule has 8 heteroatoms. The van der Waals surface area contributed by atoms with E-state index in [2.05, 4.69) is 26.2 Å². The quantitative estimate of drug-likeness (QED) is 0.336. The summed E-state index contributed by atoms with van der Waals surface area (Å²) >= 11 is 4.82. The van der Waals surface area contributed by atoms with Crippen molar-refractivity contribution in [2.45, 2.75) is 20.5 Å². The van der Waals surface area contributed by atoms with Crippen molar-refractivity contribution in [3.05, 3.63) is 92.5 Å². The van der Waals surface area contributed by atoms with Gasteiger partial charge in [0, 0.05) is 10.0 Å². The Balaban J connectivity index is 1.56. The summed E-state index contributed by atoms with van der Waals surface area (Å²) < 4.78 is 26.3. The number of benzene rings is 3. The van der Waals surface area contributed by atoms with Gasteiger partial charge in [-0.15, -0.1) is 0 Å². The topological polar surface area (TPSA) is 59.9 Å². The van der Waals surface area contributed by atoms with Gasteiger partial charge in [-0.3, -0.25) is 4.79 Å². The molecule has 0 unspecified atom stereocenters. The number of halogens is 2. The molecular weight excluding hydrogens is 519 g/mol. The van der Waals surface area contributed by atoms with Crippen LogP contribution in [0.15, 0.2) is 75.0 Å². The Morgan fingerprint density at radius 1 is 1.09 bits per heavy atom. The van der Waals surface area contributed by atoms with Crippen LogP contribution in [0, 0.1) is 12.7 Å². The van der Waals surface area contributed by atoms with Crippen LogP contribution in [0.1, 0.15) is 23.6 Å². The summed E-state index contributed by atoms with van der Waals surface area (Å²) in [5.41, 5.74) is 3.11. The van der Waals surface area contributed by atoms with E-state index in [4.69, 9.17) is 9.47 Å². The van der Waals surface area contributed by atoms with Crippen molar-refractivity contribution in [3.63, 3.8) is 0 Å². The zero-order valence-electron chi connectivity index (χ0n) is 18.6. The Kier molecular flexibility index (Phi) is 7.70. The third-order valence-corrected chi connectivity index (χ3v) is 6.50. The van der Waals surface area contributed by atoms with Crippen LogP contribution in [-0.2, 0) is 11.4 Å². The molecule has 3 aromatic carbocycles. The molecule has 0 saturated carbocycles. The normalized spacial score (nSPS) is 15.6. The molecule has 0 bridgehead atoms. The van der Waals surface area contributed by atoms with Crippen LogP contribution in [0.2, 0.25) is 0 Å². The number of carbonyl (C=O) groups excluding carboxylic acids is 1. The minimum absolute atomic E-state index is 0.0662. The highest BCUT2D eigenvalue weighted by Gasteiger charge is 2.24. The van der Waals surface area contributed by atoms with Crippen molar-refractivity contribution in [2.24, 2.45) is 4.99 Å². The summed E-state index contributed by atoms with van der Waals surface area (Å²) in [5.74, 6) is 0.434. The SMILES string of the molecule is CCOc1cc(/C=C2/SC(=Nc3ccc(C)cc3)NC2=O)c(Br)cc1OCc1ccccc1F. The van der Waals surface area contributed by atoms with E-state index in [0.29, 0.717) is 38.2 Å². The monoisotopic (exact) mass is 540 g/mol. The fourth-order valence-electron chi connectivity index (χ4n) is 3.17. The lowest BCUT2D eigenvalue weighted by Crippen LogP contribution is -2.19. The number of carbonyl (C=O) groups is 1. The molecule has 4 rings (SSSR count). The number of hydrogen-bond acceptors (Lipinski definition) is 5. The largest absolute Gasteiger partial charge is 0.490 e. The minimum atomic E-state index is -0.326. The van der Waals surface area contributed by atoms with Crippen LogP contribution in [0.5, 0.6) is 11.5 Å². The minimum Gasteiger partial charge on any atom is -0.490 e. The van der Waals surface area contributed by atoms with Crippen LogP contribution < -0.4 is 14.8 Å². The number of nitrogens with one attached hydrogen (secondary N) is 1. The number of hydrogen-bond donors (Lipinski definition) is 1. The number of ether oxygens (including phenoxy) is 2. The summed E-state index contributed by atoms with van der Waals surface area (Å²) in [7, 11) is 0. The lowest BCUT2D eigenvalue weighted by atomic mass is 10.1. The number of nitrogens with zero attached hydrogens (tertiary/aromatic N) is 1. The molecule has 1 N–H and O–H groups in total. The molecule has 174 valence electrons. The van der Waals surface area contributed by atoms with Crippen molar-refractivity contribution >= 4 is 50.5 Å². The number of aryl methyl sites for hydroxylation is 1. The van der Waals surface area contributed by atoms with Gasteiger partial charge in [0.15, 0.2) is 16.7 Å². The second-order valence-electron chi connectivity index (χ2n) is 7.45. The molecule has 0 radical (unpaired) electrons. The molecule has 34 heavy (non-hydrogen) atoms. The number of amidine groups is 1. The highest BCUT2D eigenvalue weighted by atomic mass is 79.9. The molecule has 3 aromatic rings. The van der Waals surface area contributed by atoms with E-state index in [9.17, 15) is 9.18 Å². The summed E-state index contributed by atoms with van der Waals surface area (Å²) in [6, 6.07) is 17.8. The maximum atomic E-state index is 14.0. The number of thioether (sulfide) groups is 1. The number of amides is 1. The second kappa shape index (κ2) is 10.9. The molecule has 1 heterocycles. The van der Waals surface area contributed by atoms with Gasteiger partial charge in [-0.2, -0.15) is 0 Å². The van der Waals surface area contributed by atoms with Crippen molar-refractivity contribution in [1.82, 2.24) is 5.32 Å². The van der Waals surface area contributed by atoms with E-state index in [-0.39, 0.29) is 18.3 Å². The zero-order valence-corrected chi connectivity index (χ0v) is 21.0. The zero-order chi connectivity index (χ0) is 24.1. The van der Waals surface area contributed by atoms with Gasteiger partial charge in [0.1, 0.15) is 12.4 Å². The molecule has 1 amide bonds. The Morgan fingerprint density at radius 2 is 1.82 bits per heavy atom. The van der Waals surface area contributed by atoms with Gasteiger partial charge in [0.2, 0.25) is 0 Å². The number of aliphatic imine (C=N–C) groups is 1. The highest BCUT2D eigenvalue weighted by molar-refractivity contribution is 9.10. The van der Waals surface area contributed by atoms with Gasteiger partial charge in [0.25, 0.3) is 5.91 Å². The van der Waals surface area contributed by atoms with Crippen LogP contribution in [0.25, 0.3) is 6.08 Å². The van der Waals surface area contributed by atoms with Crippen LogP contribution in [0.4, 0.5) is 10.1 Å². The molecule has 1 fully saturated rings. The average molecular weight is 541 g/mol. The van der Waals surface area contributed by atoms with Crippen LogP contribution in [0.3, 0.4) is 0 Å². The van der Waals surface area contributed by atoms with Gasteiger partial charge in [0.05, 0.1) is 17.2 Å². The molecule has 0 atom stereocenters. The maximum Gasteiger partial charge on any atom is 0.264 e. The van der Waals surface area contributed by atoms with Crippen molar-refractivity contribution in [3.8, 4) is 11.5 Å². The first-order valence-electron chi connectivity index (χ1n) is 10.6. The fraction of sp³-hybridized carbons (Fsp3) is 0.154. The fourth-order valence-corrected chi connectivity index (χ4v) is 4.44. The molecule has 0 aliphatic carbocycles. The van der Waals surface area contributed by atoms with Crippen molar-refractivity contribution in [1.29, 1.82) is 0 Å². The predicted octanol–water partition coefficient (Wildman–Crippen LogP) is 6.77. The van der Waals surface area contributed by atoms with E-state index in [1.165, 1.54) is 17.8 Å². The molecule has 1 aliphatic heterocycles. The first-order chi connectivity index (χ1) is 16.4. The predicted molar refractivity (Wildman–Crippen MR) is 138 cm³/mol. The summed E-state index contributed by atoms with van der Waals surface area (Å²) in [6.07, 6.45) is 1.77. The Hall–Kier alpha value is -3.10. The molecular formula is C26H22BrFN2O3S. The van der Waals surface area contributed by atoms with Gasteiger partial charge in [-0.25, -0.2) is 9.38 Å².